The highest BCUT2D eigenvalue weighted by Crippen LogP contribution is 2.39. The van der Waals surface area contributed by atoms with Crippen LogP contribution >= 0.6 is 0 Å². The summed E-state index contributed by atoms with van der Waals surface area (Å²) in [6, 6.07) is 0.809. The van der Waals surface area contributed by atoms with Gasteiger partial charge in [0.25, 0.3) is 0 Å². The van der Waals surface area contributed by atoms with Gasteiger partial charge < -0.3 is 5.32 Å². The predicted octanol–water partition coefficient (Wildman–Crippen LogP) is 2.06. The van der Waals surface area contributed by atoms with Crippen LogP contribution in [0.5, 0.6) is 0 Å². The molecule has 0 atom stereocenters. The molecule has 2 aliphatic rings. The SMILES string of the molecule is Cn1ncnc1CC1(CNC2CC2)CCCCC1. The molecule has 0 radical (unpaired) electrons. The van der Waals surface area contributed by atoms with E-state index in [-0.39, 0.29) is 0 Å². The summed E-state index contributed by atoms with van der Waals surface area (Å²) < 4.78 is 1.94. The summed E-state index contributed by atoms with van der Waals surface area (Å²) in [6.07, 6.45) is 12.4. The second-order valence-electron chi connectivity index (χ2n) is 6.19. The standard InChI is InChI=1S/C14H24N4/c1-18-13(16-11-17-18)9-14(7-3-2-4-8-14)10-15-12-5-6-12/h11-12,15H,2-10H2,1H3. The fourth-order valence-electron chi connectivity index (χ4n) is 3.18. The summed E-state index contributed by atoms with van der Waals surface area (Å²) in [5.74, 6) is 1.15. The zero-order chi connectivity index (χ0) is 12.4. The molecular weight excluding hydrogens is 224 g/mol. The van der Waals surface area contributed by atoms with E-state index in [1.165, 1.54) is 51.5 Å². The van der Waals surface area contributed by atoms with Gasteiger partial charge in [0.2, 0.25) is 0 Å². The fourth-order valence-corrected chi connectivity index (χ4v) is 3.18. The highest BCUT2D eigenvalue weighted by atomic mass is 15.3. The van der Waals surface area contributed by atoms with Crippen LogP contribution in [0, 0.1) is 5.41 Å². The Morgan fingerprint density at radius 1 is 1.33 bits per heavy atom. The van der Waals surface area contributed by atoms with Crippen molar-refractivity contribution >= 4 is 0 Å². The maximum atomic E-state index is 4.42. The first-order valence-electron chi connectivity index (χ1n) is 7.34. The zero-order valence-corrected chi connectivity index (χ0v) is 11.4. The maximum absolute atomic E-state index is 4.42. The van der Waals surface area contributed by atoms with Gasteiger partial charge in [-0.25, -0.2) is 4.98 Å². The van der Waals surface area contributed by atoms with Crippen molar-refractivity contribution in [3.05, 3.63) is 12.2 Å². The Kier molecular flexibility index (Phi) is 3.37. The van der Waals surface area contributed by atoms with Gasteiger partial charge in [-0.2, -0.15) is 5.10 Å². The molecule has 2 aliphatic carbocycles. The van der Waals surface area contributed by atoms with Crippen molar-refractivity contribution in [3.8, 4) is 0 Å². The number of nitrogens with one attached hydrogen (secondary N) is 1. The van der Waals surface area contributed by atoms with Crippen molar-refractivity contribution in [1.29, 1.82) is 0 Å². The van der Waals surface area contributed by atoms with E-state index in [1.807, 2.05) is 11.7 Å². The summed E-state index contributed by atoms with van der Waals surface area (Å²) in [5.41, 5.74) is 0.432. The molecule has 0 spiro atoms. The van der Waals surface area contributed by atoms with Crippen LogP contribution in [0.25, 0.3) is 0 Å². The molecule has 0 aliphatic heterocycles. The first-order valence-corrected chi connectivity index (χ1v) is 7.34. The van der Waals surface area contributed by atoms with E-state index in [0.29, 0.717) is 5.41 Å². The summed E-state index contributed by atoms with van der Waals surface area (Å²) in [4.78, 5) is 4.42. The number of hydrogen-bond donors (Lipinski definition) is 1. The lowest BCUT2D eigenvalue weighted by Crippen LogP contribution is -2.39. The van der Waals surface area contributed by atoms with Crippen molar-refractivity contribution in [2.75, 3.05) is 6.54 Å². The molecule has 0 amide bonds. The van der Waals surface area contributed by atoms with Gasteiger partial charge in [0.1, 0.15) is 12.2 Å². The second kappa shape index (κ2) is 5.00. The van der Waals surface area contributed by atoms with Crippen molar-refractivity contribution in [2.45, 2.75) is 57.4 Å². The van der Waals surface area contributed by atoms with Crippen LogP contribution in [0.3, 0.4) is 0 Å². The number of aryl methyl sites for hydroxylation is 1. The number of aromatic nitrogens is 3. The minimum absolute atomic E-state index is 0.432. The Hall–Kier alpha value is -0.900. The van der Waals surface area contributed by atoms with Gasteiger partial charge >= 0.3 is 0 Å². The monoisotopic (exact) mass is 248 g/mol. The van der Waals surface area contributed by atoms with Crippen LogP contribution in [0.1, 0.15) is 50.8 Å². The predicted molar refractivity (Wildman–Crippen MR) is 71.2 cm³/mol. The maximum Gasteiger partial charge on any atom is 0.138 e. The molecule has 1 heterocycles. The molecule has 0 unspecified atom stereocenters. The molecule has 0 aromatic carbocycles. The minimum atomic E-state index is 0.432. The Bertz CT molecular complexity index is 388. The smallest absolute Gasteiger partial charge is 0.138 e. The van der Waals surface area contributed by atoms with E-state index in [2.05, 4.69) is 15.4 Å². The third kappa shape index (κ3) is 2.74. The van der Waals surface area contributed by atoms with Crippen LogP contribution in [0.4, 0.5) is 0 Å². The molecule has 0 bridgehead atoms. The van der Waals surface area contributed by atoms with E-state index in [1.54, 1.807) is 6.33 Å². The number of hydrogen-bond acceptors (Lipinski definition) is 3. The molecule has 18 heavy (non-hydrogen) atoms. The Balaban J connectivity index is 1.69. The summed E-state index contributed by atoms with van der Waals surface area (Å²) in [5, 5.41) is 7.95. The first-order chi connectivity index (χ1) is 8.77. The minimum Gasteiger partial charge on any atom is -0.313 e. The molecule has 100 valence electrons. The third-order valence-corrected chi connectivity index (χ3v) is 4.60. The van der Waals surface area contributed by atoms with Gasteiger partial charge in [-0.1, -0.05) is 19.3 Å². The summed E-state index contributed by atoms with van der Waals surface area (Å²) in [6.45, 7) is 1.17. The average molecular weight is 248 g/mol. The quantitative estimate of drug-likeness (QED) is 0.867. The van der Waals surface area contributed by atoms with Crippen molar-refractivity contribution in [3.63, 3.8) is 0 Å². The van der Waals surface area contributed by atoms with Gasteiger partial charge in [-0.3, -0.25) is 4.68 Å². The van der Waals surface area contributed by atoms with Crippen molar-refractivity contribution in [1.82, 2.24) is 20.1 Å². The molecular formula is C14H24N4. The summed E-state index contributed by atoms with van der Waals surface area (Å²) in [7, 11) is 2.01. The molecule has 1 aromatic rings. The van der Waals surface area contributed by atoms with Gasteiger partial charge in [-0.05, 0) is 31.1 Å². The molecule has 4 heteroatoms. The van der Waals surface area contributed by atoms with Crippen LogP contribution in [-0.2, 0) is 13.5 Å². The molecule has 0 saturated heterocycles. The molecule has 4 nitrogen and oxygen atoms in total. The normalized spacial score (nSPS) is 23.2. The largest absolute Gasteiger partial charge is 0.313 e. The molecule has 1 N–H and O–H groups in total. The van der Waals surface area contributed by atoms with E-state index in [9.17, 15) is 0 Å². The van der Waals surface area contributed by atoms with E-state index >= 15 is 0 Å². The van der Waals surface area contributed by atoms with Crippen LogP contribution in [-0.4, -0.2) is 27.4 Å². The van der Waals surface area contributed by atoms with Crippen molar-refractivity contribution < 1.29 is 0 Å². The Morgan fingerprint density at radius 2 is 2.11 bits per heavy atom. The van der Waals surface area contributed by atoms with Gasteiger partial charge in [-0.15, -0.1) is 0 Å². The number of nitrogens with zero attached hydrogens (tertiary/aromatic N) is 3. The summed E-state index contributed by atoms with van der Waals surface area (Å²) >= 11 is 0. The first kappa shape index (κ1) is 12.2. The lowest BCUT2D eigenvalue weighted by Gasteiger charge is -2.37. The highest BCUT2D eigenvalue weighted by molar-refractivity contribution is 4.97. The Labute approximate surface area is 109 Å². The molecule has 1 aromatic heterocycles. The zero-order valence-electron chi connectivity index (χ0n) is 11.4. The average Bonchev–Trinajstić information content (AvgIpc) is 3.14. The molecule has 2 saturated carbocycles. The van der Waals surface area contributed by atoms with Gasteiger partial charge in [0.15, 0.2) is 0 Å². The lowest BCUT2D eigenvalue weighted by molar-refractivity contribution is 0.175. The highest BCUT2D eigenvalue weighted by Gasteiger charge is 2.35. The molecule has 2 fully saturated rings. The van der Waals surface area contributed by atoms with Crippen LogP contribution in [0.2, 0.25) is 0 Å². The van der Waals surface area contributed by atoms with Gasteiger partial charge in [0.05, 0.1) is 0 Å². The third-order valence-electron chi connectivity index (χ3n) is 4.60. The second-order valence-corrected chi connectivity index (χ2v) is 6.19. The van der Waals surface area contributed by atoms with E-state index < -0.39 is 0 Å². The fraction of sp³-hybridized carbons (Fsp3) is 0.857. The number of rotatable bonds is 5. The van der Waals surface area contributed by atoms with E-state index in [4.69, 9.17) is 0 Å². The van der Waals surface area contributed by atoms with Gasteiger partial charge in [0, 0.05) is 26.1 Å². The van der Waals surface area contributed by atoms with Crippen LogP contribution < -0.4 is 5.32 Å². The van der Waals surface area contributed by atoms with Crippen molar-refractivity contribution in [2.24, 2.45) is 12.5 Å². The van der Waals surface area contributed by atoms with Crippen LogP contribution in [0.15, 0.2) is 6.33 Å². The Morgan fingerprint density at radius 3 is 2.72 bits per heavy atom. The lowest BCUT2D eigenvalue weighted by atomic mass is 9.71. The van der Waals surface area contributed by atoms with E-state index in [0.717, 1.165) is 18.3 Å². The topological polar surface area (TPSA) is 42.7 Å². The molecule has 3 rings (SSSR count).